The van der Waals surface area contributed by atoms with Crippen molar-refractivity contribution in [3.8, 4) is 0 Å². The molecule has 106 valence electrons. The average Bonchev–Trinajstić information content (AvgIpc) is 2.26. The van der Waals surface area contributed by atoms with E-state index in [4.69, 9.17) is 17.3 Å². The second-order valence-corrected chi connectivity index (χ2v) is 3.97. The van der Waals surface area contributed by atoms with Crippen LogP contribution in [0.4, 0.5) is 18.9 Å². The van der Waals surface area contributed by atoms with Crippen molar-refractivity contribution in [1.82, 2.24) is 9.78 Å². The fourth-order valence-electron chi connectivity index (χ4n) is 1.19. The molecule has 19 heavy (non-hydrogen) atoms. The van der Waals surface area contributed by atoms with Gasteiger partial charge in [-0.1, -0.05) is 11.6 Å². The number of nitrogens with one attached hydrogen (secondary N) is 1. The van der Waals surface area contributed by atoms with Crippen molar-refractivity contribution in [1.29, 1.82) is 0 Å². The van der Waals surface area contributed by atoms with Gasteiger partial charge in [0.2, 0.25) is 5.91 Å². The van der Waals surface area contributed by atoms with Crippen LogP contribution in [0, 0.1) is 0 Å². The van der Waals surface area contributed by atoms with E-state index in [1.165, 1.54) is 0 Å². The number of aromatic nitrogens is 2. The van der Waals surface area contributed by atoms with Gasteiger partial charge in [0, 0.05) is 13.0 Å². The van der Waals surface area contributed by atoms with Gasteiger partial charge in [0.15, 0.2) is 0 Å². The molecule has 1 rings (SSSR count). The van der Waals surface area contributed by atoms with Gasteiger partial charge in [-0.3, -0.25) is 9.59 Å². The smallest absolute Gasteiger partial charge is 0.382 e. The van der Waals surface area contributed by atoms with E-state index in [0.29, 0.717) is 0 Å². The van der Waals surface area contributed by atoms with Crippen molar-refractivity contribution in [3.05, 3.63) is 21.6 Å². The normalized spacial score (nSPS) is 11.4. The van der Waals surface area contributed by atoms with E-state index in [9.17, 15) is 22.8 Å². The molecule has 0 aliphatic rings. The molecular formula is C9H10ClF3N4O2. The van der Waals surface area contributed by atoms with Gasteiger partial charge in [-0.05, 0) is 0 Å². The molecule has 0 aromatic carbocycles. The largest absolute Gasteiger partial charge is 0.408 e. The lowest BCUT2D eigenvalue weighted by molar-refractivity contribution is -0.143. The number of amides is 1. The summed E-state index contributed by atoms with van der Waals surface area (Å²) >= 11 is 5.62. The molecule has 0 aliphatic heterocycles. The monoisotopic (exact) mass is 298 g/mol. The van der Waals surface area contributed by atoms with E-state index in [2.05, 4.69) is 10.4 Å². The molecule has 0 bridgehead atoms. The van der Waals surface area contributed by atoms with Crippen molar-refractivity contribution in [2.24, 2.45) is 5.73 Å². The summed E-state index contributed by atoms with van der Waals surface area (Å²) in [4.78, 5) is 22.0. The van der Waals surface area contributed by atoms with Gasteiger partial charge in [-0.2, -0.15) is 18.3 Å². The van der Waals surface area contributed by atoms with Crippen LogP contribution in [0.2, 0.25) is 5.02 Å². The Labute approximate surface area is 110 Å². The Hall–Kier alpha value is -1.77. The molecule has 0 saturated heterocycles. The predicted molar refractivity (Wildman–Crippen MR) is 61.9 cm³/mol. The van der Waals surface area contributed by atoms with Gasteiger partial charge in [0.1, 0.15) is 11.6 Å². The number of rotatable bonds is 5. The van der Waals surface area contributed by atoms with Crippen LogP contribution in [0.15, 0.2) is 11.0 Å². The lowest BCUT2D eigenvalue weighted by Crippen LogP contribution is -2.31. The first kappa shape index (κ1) is 15.3. The highest BCUT2D eigenvalue weighted by molar-refractivity contribution is 6.32. The molecule has 0 fully saturated rings. The first-order chi connectivity index (χ1) is 8.70. The summed E-state index contributed by atoms with van der Waals surface area (Å²) in [6, 6.07) is 0. The van der Waals surface area contributed by atoms with Crippen molar-refractivity contribution >= 4 is 23.2 Å². The van der Waals surface area contributed by atoms with Crippen molar-refractivity contribution in [2.75, 3.05) is 11.9 Å². The Bertz CT molecular complexity index is 529. The van der Waals surface area contributed by atoms with Gasteiger partial charge in [-0.25, -0.2) is 4.68 Å². The summed E-state index contributed by atoms with van der Waals surface area (Å²) in [5.74, 6) is -0.568. The summed E-state index contributed by atoms with van der Waals surface area (Å²) < 4.78 is 36.6. The molecule has 0 unspecified atom stereocenters. The number of carbonyl (C=O) groups is 1. The first-order valence-corrected chi connectivity index (χ1v) is 5.43. The fraction of sp³-hybridized carbons (Fsp3) is 0.444. The third-order valence-corrected chi connectivity index (χ3v) is 2.37. The quantitative estimate of drug-likeness (QED) is 0.839. The van der Waals surface area contributed by atoms with Crippen LogP contribution < -0.4 is 16.6 Å². The predicted octanol–water partition coefficient (Wildman–Crippen LogP) is 0.746. The average molecular weight is 299 g/mol. The van der Waals surface area contributed by atoms with Crippen LogP contribution in [0.25, 0.3) is 0 Å². The van der Waals surface area contributed by atoms with Crippen LogP contribution in [0.1, 0.15) is 6.42 Å². The number of carbonyl (C=O) groups excluding carboxylic acids is 1. The molecule has 1 aromatic heterocycles. The summed E-state index contributed by atoms with van der Waals surface area (Å²) in [6.07, 6.45) is -3.60. The lowest BCUT2D eigenvalue weighted by atomic mass is 10.4. The molecule has 6 nitrogen and oxygen atoms in total. The Morgan fingerprint density at radius 2 is 2.16 bits per heavy atom. The maximum Gasteiger partial charge on any atom is 0.408 e. The second-order valence-electron chi connectivity index (χ2n) is 3.59. The number of alkyl halides is 3. The Morgan fingerprint density at radius 1 is 1.53 bits per heavy atom. The molecule has 3 N–H and O–H groups in total. The number of nitrogens with two attached hydrogens (primary N) is 1. The molecule has 0 spiro atoms. The third-order valence-electron chi connectivity index (χ3n) is 2.00. The van der Waals surface area contributed by atoms with Crippen molar-refractivity contribution < 1.29 is 18.0 Å². The molecule has 0 aliphatic carbocycles. The van der Waals surface area contributed by atoms with Gasteiger partial charge in [0.25, 0.3) is 5.56 Å². The number of primary amides is 1. The van der Waals surface area contributed by atoms with Gasteiger partial charge in [0.05, 0.1) is 11.9 Å². The minimum absolute atomic E-state index is 0.0119. The van der Waals surface area contributed by atoms with Crippen molar-refractivity contribution in [2.45, 2.75) is 19.1 Å². The van der Waals surface area contributed by atoms with E-state index < -0.39 is 29.2 Å². The second kappa shape index (κ2) is 5.91. The number of halogens is 4. The molecule has 10 heteroatoms. The highest BCUT2D eigenvalue weighted by Crippen LogP contribution is 2.18. The molecule has 1 amide bonds. The molecule has 1 heterocycles. The summed E-state index contributed by atoms with van der Waals surface area (Å²) in [6.45, 7) is -1.42. The summed E-state index contributed by atoms with van der Waals surface area (Å²) in [5, 5.41) is 5.50. The zero-order chi connectivity index (χ0) is 14.6. The van der Waals surface area contributed by atoms with E-state index in [0.717, 1.165) is 6.20 Å². The molecule has 0 radical (unpaired) electrons. The molecular weight excluding hydrogens is 289 g/mol. The van der Waals surface area contributed by atoms with E-state index in [1.54, 1.807) is 0 Å². The maximum absolute atomic E-state index is 12.1. The first-order valence-electron chi connectivity index (χ1n) is 5.05. The third kappa shape index (κ3) is 4.78. The zero-order valence-corrected chi connectivity index (χ0v) is 10.3. The van der Waals surface area contributed by atoms with Crippen LogP contribution >= 0.6 is 11.6 Å². The SMILES string of the molecule is NC(=O)CCNc1cnn(CC(F)(F)F)c(=O)c1Cl. The highest BCUT2D eigenvalue weighted by Gasteiger charge is 2.29. The Morgan fingerprint density at radius 3 is 2.68 bits per heavy atom. The van der Waals surface area contributed by atoms with E-state index in [1.807, 2.05) is 0 Å². The Balaban J connectivity index is 2.86. The lowest BCUT2D eigenvalue weighted by Gasteiger charge is -2.11. The minimum Gasteiger partial charge on any atom is -0.382 e. The van der Waals surface area contributed by atoms with Gasteiger partial charge in [-0.15, -0.1) is 0 Å². The highest BCUT2D eigenvalue weighted by atomic mass is 35.5. The zero-order valence-electron chi connectivity index (χ0n) is 9.50. The van der Waals surface area contributed by atoms with Crippen LogP contribution in [-0.2, 0) is 11.3 Å². The standard InChI is InChI=1S/C9H10ClF3N4O2/c10-7-5(15-2-1-6(14)18)3-16-17(8(7)19)4-9(11,12)13/h3,15H,1-2,4H2,(H2,14,18). The van der Waals surface area contributed by atoms with Gasteiger partial charge >= 0.3 is 6.18 Å². The van der Waals surface area contributed by atoms with E-state index in [-0.39, 0.29) is 23.3 Å². The van der Waals surface area contributed by atoms with Crippen LogP contribution in [0.3, 0.4) is 0 Å². The topological polar surface area (TPSA) is 90.0 Å². The number of anilines is 1. The molecule has 0 saturated carbocycles. The van der Waals surface area contributed by atoms with Crippen LogP contribution in [0.5, 0.6) is 0 Å². The minimum atomic E-state index is -4.57. The molecule has 0 atom stereocenters. The van der Waals surface area contributed by atoms with E-state index >= 15 is 0 Å². The van der Waals surface area contributed by atoms with Crippen LogP contribution in [-0.4, -0.2) is 28.4 Å². The number of hydrogen-bond donors (Lipinski definition) is 2. The van der Waals surface area contributed by atoms with Gasteiger partial charge < -0.3 is 11.1 Å². The Kier molecular flexibility index (Phi) is 4.76. The molecule has 1 aromatic rings. The number of hydrogen-bond acceptors (Lipinski definition) is 4. The number of nitrogens with zero attached hydrogens (tertiary/aromatic N) is 2. The fourth-order valence-corrected chi connectivity index (χ4v) is 1.40. The van der Waals surface area contributed by atoms with Crippen molar-refractivity contribution in [3.63, 3.8) is 0 Å². The summed E-state index contributed by atoms with van der Waals surface area (Å²) in [5.41, 5.74) is 3.88. The summed E-state index contributed by atoms with van der Waals surface area (Å²) in [7, 11) is 0. The maximum atomic E-state index is 12.1.